The van der Waals surface area contributed by atoms with Gasteiger partial charge in [-0.25, -0.2) is 4.79 Å². The molecule has 0 radical (unpaired) electrons. The maximum absolute atomic E-state index is 13.1. The second-order valence-corrected chi connectivity index (χ2v) is 11.0. The van der Waals surface area contributed by atoms with E-state index in [0.717, 1.165) is 55.5 Å². The first-order chi connectivity index (χ1) is 20.1. The molecular weight excluding hydrogens is 514 g/mol. The second kappa shape index (κ2) is 12.6. The van der Waals surface area contributed by atoms with Crippen LogP contribution in [0.25, 0.3) is 10.8 Å². The number of ether oxygens (including phenoxy) is 2. The molecule has 210 valence electrons. The molecule has 4 aromatic rings. The van der Waals surface area contributed by atoms with E-state index in [1.54, 1.807) is 24.3 Å². The van der Waals surface area contributed by atoms with Crippen molar-refractivity contribution >= 4 is 28.2 Å². The van der Waals surface area contributed by atoms with Crippen LogP contribution in [0.4, 0.5) is 5.69 Å². The zero-order chi connectivity index (χ0) is 28.0. The van der Waals surface area contributed by atoms with Crippen molar-refractivity contribution in [3.63, 3.8) is 0 Å². The summed E-state index contributed by atoms with van der Waals surface area (Å²) in [6.45, 7) is 3.78. The van der Waals surface area contributed by atoms with Crippen molar-refractivity contribution in [2.24, 2.45) is 0 Å². The number of hydrogen-bond acceptors (Lipinski definition) is 7. The van der Waals surface area contributed by atoms with Crippen LogP contribution in [-0.2, 0) is 22.4 Å². The van der Waals surface area contributed by atoms with E-state index in [0.29, 0.717) is 23.8 Å². The summed E-state index contributed by atoms with van der Waals surface area (Å²) >= 11 is 0. The lowest BCUT2D eigenvalue weighted by molar-refractivity contribution is 0.0161. The van der Waals surface area contributed by atoms with Crippen LogP contribution in [0.1, 0.15) is 51.1 Å². The first-order valence-electron chi connectivity index (χ1n) is 14.4. The first kappa shape index (κ1) is 27.1. The summed E-state index contributed by atoms with van der Waals surface area (Å²) in [5, 5.41) is 6.07. The van der Waals surface area contributed by atoms with Crippen molar-refractivity contribution in [3.05, 3.63) is 107 Å². The number of ketones is 1. The molecule has 1 aromatic heterocycles. The molecule has 7 heteroatoms. The first-order valence-corrected chi connectivity index (χ1v) is 14.4. The van der Waals surface area contributed by atoms with Crippen LogP contribution in [0.15, 0.2) is 85.2 Å². The Morgan fingerprint density at radius 1 is 0.976 bits per heavy atom. The van der Waals surface area contributed by atoms with Gasteiger partial charge in [0.15, 0.2) is 5.78 Å². The smallest absolute Gasteiger partial charge is 0.338 e. The molecular formula is C34H35N3O4. The minimum atomic E-state index is -0.423. The molecule has 2 atom stereocenters. The summed E-state index contributed by atoms with van der Waals surface area (Å²) < 4.78 is 10.9. The Labute approximate surface area is 240 Å². The molecule has 6 rings (SSSR count). The Kier molecular flexibility index (Phi) is 8.35. The lowest BCUT2D eigenvalue weighted by Crippen LogP contribution is -2.26. The van der Waals surface area contributed by atoms with Crippen molar-refractivity contribution in [2.75, 3.05) is 31.6 Å². The van der Waals surface area contributed by atoms with Crippen LogP contribution in [0.2, 0.25) is 0 Å². The van der Waals surface area contributed by atoms with E-state index in [4.69, 9.17) is 9.47 Å². The molecule has 2 aliphatic rings. The number of nitrogens with zero attached hydrogens (tertiary/aromatic N) is 2. The van der Waals surface area contributed by atoms with Crippen molar-refractivity contribution in [3.8, 4) is 0 Å². The monoisotopic (exact) mass is 549 g/mol. The molecule has 41 heavy (non-hydrogen) atoms. The van der Waals surface area contributed by atoms with Crippen LogP contribution >= 0.6 is 0 Å². The number of anilines is 1. The van der Waals surface area contributed by atoms with Gasteiger partial charge < -0.3 is 14.8 Å². The highest BCUT2D eigenvalue weighted by Gasteiger charge is 2.23. The maximum Gasteiger partial charge on any atom is 0.338 e. The number of aromatic nitrogens is 1. The molecule has 0 amide bonds. The minimum absolute atomic E-state index is 0.0216. The van der Waals surface area contributed by atoms with Crippen LogP contribution < -0.4 is 5.32 Å². The molecule has 2 fully saturated rings. The topological polar surface area (TPSA) is 80.8 Å². The highest BCUT2D eigenvalue weighted by Crippen LogP contribution is 2.25. The molecule has 3 heterocycles. The minimum Gasteiger partial charge on any atom is -0.459 e. The van der Waals surface area contributed by atoms with Gasteiger partial charge in [0.25, 0.3) is 0 Å². The number of nitrogens with one attached hydrogen (secondary N) is 1. The fourth-order valence-electron chi connectivity index (χ4n) is 5.79. The summed E-state index contributed by atoms with van der Waals surface area (Å²) in [6, 6.07) is 23.8. The van der Waals surface area contributed by atoms with Crippen molar-refractivity contribution in [1.29, 1.82) is 0 Å². The van der Waals surface area contributed by atoms with Gasteiger partial charge in [-0.3, -0.25) is 14.7 Å². The summed E-state index contributed by atoms with van der Waals surface area (Å²) in [7, 11) is 0. The van der Waals surface area contributed by atoms with Crippen molar-refractivity contribution < 1.29 is 19.1 Å². The van der Waals surface area contributed by atoms with E-state index in [-0.39, 0.29) is 24.9 Å². The van der Waals surface area contributed by atoms with Gasteiger partial charge in [0, 0.05) is 73.1 Å². The van der Waals surface area contributed by atoms with Gasteiger partial charge in [0.2, 0.25) is 0 Å². The van der Waals surface area contributed by atoms with Crippen LogP contribution in [0.3, 0.4) is 0 Å². The molecule has 2 saturated heterocycles. The maximum atomic E-state index is 13.1. The van der Waals surface area contributed by atoms with Gasteiger partial charge in [-0.05, 0) is 54.7 Å². The SMILES string of the molecule is O=C(Cc1cccc(CN2CCC(Nc3cccc4cnccc34)C2)c1)c1cccc(C(=O)OCC2CCCO2)c1. The number of carbonyl (C=O) groups is 2. The predicted octanol–water partition coefficient (Wildman–Crippen LogP) is 5.68. The van der Waals surface area contributed by atoms with Crippen LogP contribution in [0, 0.1) is 0 Å². The Bertz CT molecular complexity index is 1530. The number of rotatable bonds is 10. The average Bonchev–Trinajstić information content (AvgIpc) is 3.69. The predicted molar refractivity (Wildman–Crippen MR) is 159 cm³/mol. The van der Waals surface area contributed by atoms with Gasteiger partial charge in [0.05, 0.1) is 11.7 Å². The normalized spacial score (nSPS) is 18.9. The fourth-order valence-corrected chi connectivity index (χ4v) is 5.79. The Balaban J connectivity index is 1.03. The molecule has 0 aliphatic carbocycles. The van der Waals surface area contributed by atoms with E-state index in [2.05, 4.69) is 51.6 Å². The number of carbonyl (C=O) groups excluding carboxylic acids is 2. The van der Waals surface area contributed by atoms with Crippen molar-refractivity contribution in [1.82, 2.24) is 9.88 Å². The van der Waals surface area contributed by atoms with Crippen LogP contribution in [0.5, 0.6) is 0 Å². The number of esters is 1. The lowest BCUT2D eigenvalue weighted by atomic mass is 10.00. The number of fused-ring (bicyclic) bond motifs is 1. The standard InChI is InChI=1S/C34H35N3O4/c38-33(26-7-2-8-27(19-26)34(39)41-23-30-10-4-16-40-30)18-24-5-1-6-25(17-24)21-37-15-13-29(22-37)36-32-11-3-9-28-20-35-14-12-31(28)32/h1-3,5-9,11-12,14,17,19-20,29-30,36H,4,10,13,15-16,18,21-23H2. The third kappa shape index (κ3) is 6.81. The zero-order valence-electron chi connectivity index (χ0n) is 23.1. The lowest BCUT2D eigenvalue weighted by Gasteiger charge is -2.19. The molecule has 2 aliphatic heterocycles. The zero-order valence-corrected chi connectivity index (χ0v) is 23.1. The number of Topliss-reactive ketones (excluding diaryl/α,β-unsaturated/α-hetero) is 1. The van der Waals surface area contributed by atoms with Gasteiger partial charge in [0.1, 0.15) is 6.61 Å². The quantitative estimate of drug-likeness (QED) is 0.201. The molecule has 0 saturated carbocycles. The van der Waals surface area contributed by atoms with E-state index in [9.17, 15) is 9.59 Å². The van der Waals surface area contributed by atoms with E-state index in [1.165, 1.54) is 10.9 Å². The van der Waals surface area contributed by atoms with Crippen LogP contribution in [-0.4, -0.2) is 60.1 Å². The van der Waals surface area contributed by atoms with E-state index < -0.39 is 5.97 Å². The number of benzene rings is 3. The van der Waals surface area contributed by atoms with Gasteiger partial charge >= 0.3 is 5.97 Å². The number of likely N-dealkylation sites (tertiary alicyclic amines) is 1. The molecule has 7 nitrogen and oxygen atoms in total. The van der Waals surface area contributed by atoms with Gasteiger partial charge in [-0.1, -0.05) is 48.5 Å². The highest BCUT2D eigenvalue weighted by molar-refractivity contribution is 6.00. The number of pyridine rings is 1. The highest BCUT2D eigenvalue weighted by atomic mass is 16.6. The molecule has 0 spiro atoms. The molecule has 0 bridgehead atoms. The van der Waals surface area contributed by atoms with E-state index in [1.807, 2.05) is 24.5 Å². The molecule has 2 unspecified atom stereocenters. The molecule has 1 N–H and O–H groups in total. The third-order valence-electron chi connectivity index (χ3n) is 7.92. The van der Waals surface area contributed by atoms with E-state index >= 15 is 0 Å². The Morgan fingerprint density at radius 2 is 1.83 bits per heavy atom. The van der Waals surface area contributed by atoms with Crippen molar-refractivity contribution in [2.45, 2.75) is 44.4 Å². The summed E-state index contributed by atoms with van der Waals surface area (Å²) in [5.74, 6) is -0.445. The summed E-state index contributed by atoms with van der Waals surface area (Å²) in [5.41, 5.74) is 4.22. The summed E-state index contributed by atoms with van der Waals surface area (Å²) in [6.07, 6.45) is 6.97. The Morgan fingerprint density at radius 3 is 2.73 bits per heavy atom. The second-order valence-electron chi connectivity index (χ2n) is 11.0. The fraction of sp³-hybridized carbons (Fsp3) is 0.324. The number of hydrogen-bond donors (Lipinski definition) is 1. The van der Waals surface area contributed by atoms with Gasteiger partial charge in [-0.2, -0.15) is 0 Å². The average molecular weight is 550 g/mol. The summed E-state index contributed by atoms with van der Waals surface area (Å²) in [4.78, 5) is 32.3. The third-order valence-corrected chi connectivity index (χ3v) is 7.92. The molecule has 3 aromatic carbocycles. The largest absolute Gasteiger partial charge is 0.459 e. The van der Waals surface area contributed by atoms with Gasteiger partial charge in [-0.15, -0.1) is 0 Å². The Hall–Kier alpha value is -4.07.